The number of aryl methyl sites for hydroxylation is 1. The van der Waals surface area contributed by atoms with Crippen LogP contribution in [0.2, 0.25) is 0 Å². The van der Waals surface area contributed by atoms with E-state index in [1.54, 1.807) is 31.0 Å². The Kier molecular flexibility index (Phi) is 8.83. The molecule has 1 saturated carbocycles. The highest BCUT2D eigenvalue weighted by atomic mass is 32.2. The van der Waals surface area contributed by atoms with Crippen molar-refractivity contribution < 1.29 is 27.5 Å². The molecule has 11 nitrogen and oxygen atoms in total. The first kappa shape index (κ1) is 29.6. The fourth-order valence-electron chi connectivity index (χ4n) is 5.11. The van der Waals surface area contributed by atoms with Gasteiger partial charge in [-0.05, 0) is 55.5 Å². The van der Waals surface area contributed by atoms with Crippen molar-refractivity contribution in [3.8, 4) is 11.5 Å². The van der Waals surface area contributed by atoms with Crippen molar-refractivity contribution >= 4 is 21.8 Å². The number of rotatable bonds is 11. The molecule has 1 aliphatic heterocycles. The molecule has 42 heavy (non-hydrogen) atoms. The number of para-hydroxylation sites is 1. The molecular weight excluding hydrogens is 558 g/mol. The van der Waals surface area contributed by atoms with Crippen LogP contribution in [0.25, 0.3) is 0 Å². The summed E-state index contributed by atoms with van der Waals surface area (Å²) in [6.07, 6.45) is 4.62. The molecule has 1 aromatic heterocycles. The van der Waals surface area contributed by atoms with Crippen LogP contribution in [-0.4, -0.2) is 66.8 Å². The number of amides is 2. The van der Waals surface area contributed by atoms with Gasteiger partial charge in [-0.15, -0.1) is 0 Å². The molecule has 0 radical (unpaired) electrons. The fourth-order valence-corrected chi connectivity index (χ4v) is 5.98. The van der Waals surface area contributed by atoms with Crippen LogP contribution < -0.4 is 20.1 Å². The number of nitrogens with one attached hydrogen (secondary N) is 2. The van der Waals surface area contributed by atoms with E-state index in [2.05, 4.69) is 15.7 Å². The van der Waals surface area contributed by atoms with Crippen LogP contribution >= 0.6 is 0 Å². The van der Waals surface area contributed by atoms with Gasteiger partial charge in [0.2, 0.25) is 10.0 Å². The number of benzene rings is 2. The summed E-state index contributed by atoms with van der Waals surface area (Å²) in [4.78, 5) is 25.6. The van der Waals surface area contributed by atoms with Crippen LogP contribution in [0, 0.1) is 0 Å². The fraction of sp³-hybridized carbons (Fsp3) is 0.433. The van der Waals surface area contributed by atoms with E-state index in [9.17, 15) is 18.0 Å². The maximum absolute atomic E-state index is 12.8. The van der Waals surface area contributed by atoms with Gasteiger partial charge in [-0.1, -0.05) is 24.3 Å². The first-order valence-corrected chi connectivity index (χ1v) is 15.9. The van der Waals surface area contributed by atoms with Crippen molar-refractivity contribution in [2.24, 2.45) is 7.05 Å². The zero-order chi connectivity index (χ0) is 29.9. The summed E-state index contributed by atoms with van der Waals surface area (Å²) in [5.41, 5.74) is 3.67. The van der Waals surface area contributed by atoms with Crippen LogP contribution in [0.15, 0.2) is 48.5 Å². The molecule has 2 amide bonds. The Morgan fingerprint density at radius 2 is 1.74 bits per heavy atom. The standard InChI is InChI=1S/C30H37N5O6S/c1-34-26(17-25(33-34)21-11-12-21)30(37)31-18-23-5-4-6-27(28(23)40-2)41-19-20-7-9-22(10-8-20)29(36)32-24-13-15-35(16-14-24)42(3,38)39/h4-10,17,21,24H,11-16,18-19H2,1-3H3,(H,31,37)(H,32,36). The van der Waals surface area contributed by atoms with Crippen molar-refractivity contribution in [3.05, 3.63) is 76.6 Å². The van der Waals surface area contributed by atoms with Gasteiger partial charge in [-0.25, -0.2) is 12.7 Å². The molecule has 0 atom stereocenters. The predicted molar refractivity (Wildman–Crippen MR) is 157 cm³/mol. The van der Waals surface area contributed by atoms with Gasteiger partial charge >= 0.3 is 0 Å². The third-order valence-electron chi connectivity index (χ3n) is 7.70. The van der Waals surface area contributed by atoms with Crippen LogP contribution in [0.3, 0.4) is 0 Å². The highest BCUT2D eigenvalue weighted by Crippen LogP contribution is 2.39. The van der Waals surface area contributed by atoms with Crippen LogP contribution in [0.5, 0.6) is 11.5 Å². The van der Waals surface area contributed by atoms with E-state index in [0.29, 0.717) is 54.6 Å². The number of hydrogen-bond donors (Lipinski definition) is 2. The number of aromatic nitrogens is 2. The number of nitrogens with zero attached hydrogens (tertiary/aromatic N) is 3. The Morgan fingerprint density at radius 1 is 1.02 bits per heavy atom. The molecular formula is C30H37N5O6S. The molecule has 5 rings (SSSR count). The topological polar surface area (TPSA) is 132 Å². The molecule has 1 saturated heterocycles. The van der Waals surface area contributed by atoms with E-state index in [0.717, 1.165) is 29.7 Å². The van der Waals surface area contributed by atoms with Crippen molar-refractivity contribution in [2.75, 3.05) is 26.5 Å². The zero-order valence-electron chi connectivity index (χ0n) is 24.1. The maximum Gasteiger partial charge on any atom is 0.269 e. The minimum absolute atomic E-state index is 0.0626. The third-order valence-corrected chi connectivity index (χ3v) is 9.00. The SMILES string of the molecule is COc1c(CNC(=O)c2cc(C3CC3)nn2C)cccc1OCc1ccc(C(=O)NC2CCN(S(C)(=O)=O)CC2)cc1. The van der Waals surface area contributed by atoms with Crippen molar-refractivity contribution in [1.29, 1.82) is 0 Å². The first-order chi connectivity index (χ1) is 20.1. The summed E-state index contributed by atoms with van der Waals surface area (Å²) in [7, 11) is 0.139. The Labute approximate surface area is 246 Å². The van der Waals surface area contributed by atoms with Crippen LogP contribution in [0.1, 0.15) is 69.3 Å². The van der Waals surface area contributed by atoms with Crippen molar-refractivity contribution in [3.63, 3.8) is 0 Å². The quantitative estimate of drug-likeness (QED) is 0.348. The Bertz CT molecular complexity index is 1540. The zero-order valence-corrected chi connectivity index (χ0v) is 24.9. The number of methoxy groups -OCH3 is 1. The van der Waals surface area contributed by atoms with E-state index >= 15 is 0 Å². The van der Waals surface area contributed by atoms with Crippen molar-refractivity contribution in [1.82, 2.24) is 24.7 Å². The molecule has 3 aromatic rings. The Hall–Kier alpha value is -3.90. The molecule has 2 N–H and O–H groups in total. The lowest BCUT2D eigenvalue weighted by atomic mass is 10.1. The van der Waals surface area contributed by atoms with Gasteiger partial charge in [0.15, 0.2) is 11.5 Å². The minimum Gasteiger partial charge on any atom is -0.493 e. The average molecular weight is 596 g/mol. The van der Waals surface area contributed by atoms with Crippen LogP contribution in [-0.2, 0) is 30.2 Å². The molecule has 0 unspecified atom stereocenters. The van der Waals surface area contributed by atoms with E-state index < -0.39 is 10.0 Å². The average Bonchev–Trinajstić information content (AvgIpc) is 3.76. The molecule has 1 aliphatic carbocycles. The number of piperidine rings is 1. The van der Waals surface area contributed by atoms with Gasteiger partial charge in [0.1, 0.15) is 12.3 Å². The largest absolute Gasteiger partial charge is 0.493 e. The van der Waals surface area contributed by atoms with E-state index in [-0.39, 0.29) is 31.0 Å². The highest BCUT2D eigenvalue weighted by molar-refractivity contribution is 7.88. The number of ether oxygens (including phenoxy) is 2. The van der Waals surface area contributed by atoms with Gasteiger partial charge in [0, 0.05) is 49.8 Å². The molecule has 2 aromatic carbocycles. The van der Waals surface area contributed by atoms with E-state index in [1.165, 1.54) is 10.6 Å². The molecule has 224 valence electrons. The molecule has 2 fully saturated rings. The number of carbonyl (C=O) groups is 2. The second-order valence-corrected chi connectivity index (χ2v) is 12.9. The molecule has 2 heterocycles. The summed E-state index contributed by atoms with van der Waals surface area (Å²) in [5.74, 6) is 1.17. The summed E-state index contributed by atoms with van der Waals surface area (Å²) < 4.78 is 38.2. The summed E-state index contributed by atoms with van der Waals surface area (Å²) in [6, 6.07) is 14.5. The van der Waals surface area contributed by atoms with E-state index in [4.69, 9.17) is 9.47 Å². The lowest BCUT2D eigenvalue weighted by Gasteiger charge is -2.30. The van der Waals surface area contributed by atoms with Gasteiger partial charge < -0.3 is 20.1 Å². The number of hydrogen-bond acceptors (Lipinski definition) is 7. The molecule has 2 aliphatic rings. The first-order valence-electron chi connectivity index (χ1n) is 14.1. The number of sulfonamides is 1. The Morgan fingerprint density at radius 3 is 2.38 bits per heavy atom. The lowest BCUT2D eigenvalue weighted by molar-refractivity contribution is 0.0920. The summed E-state index contributed by atoms with van der Waals surface area (Å²) in [6.45, 7) is 1.34. The van der Waals surface area contributed by atoms with Gasteiger partial charge in [0.05, 0.1) is 19.1 Å². The Balaban J connectivity index is 1.14. The van der Waals surface area contributed by atoms with Gasteiger partial charge in [-0.3, -0.25) is 14.3 Å². The summed E-state index contributed by atoms with van der Waals surface area (Å²) >= 11 is 0. The lowest BCUT2D eigenvalue weighted by Crippen LogP contribution is -2.46. The normalized spacial score (nSPS) is 16.2. The molecule has 12 heteroatoms. The third kappa shape index (κ3) is 7.11. The predicted octanol–water partition coefficient (Wildman–Crippen LogP) is 2.97. The summed E-state index contributed by atoms with van der Waals surface area (Å²) in [5, 5.41) is 10.4. The van der Waals surface area contributed by atoms with Crippen LogP contribution in [0.4, 0.5) is 0 Å². The van der Waals surface area contributed by atoms with Gasteiger partial charge in [0.25, 0.3) is 11.8 Å². The van der Waals surface area contributed by atoms with Gasteiger partial charge in [-0.2, -0.15) is 5.10 Å². The minimum atomic E-state index is -3.20. The van der Waals surface area contributed by atoms with Crippen molar-refractivity contribution in [2.45, 2.75) is 50.8 Å². The molecule has 0 bridgehead atoms. The highest BCUT2D eigenvalue weighted by Gasteiger charge is 2.28. The monoisotopic (exact) mass is 595 g/mol. The second-order valence-electron chi connectivity index (χ2n) is 10.9. The molecule has 0 spiro atoms. The number of carbonyl (C=O) groups excluding carboxylic acids is 2. The smallest absolute Gasteiger partial charge is 0.269 e. The van der Waals surface area contributed by atoms with E-state index in [1.807, 2.05) is 36.4 Å². The second kappa shape index (κ2) is 12.5. The maximum atomic E-state index is 12.8.